The zero-order valence-electron chi connectivity index (χ0n) is 12.1. The van der Waals surface area contributed by atoms with E-state index >= 15 is 0 Å². The van der Waals surface area contributed by atoms with Crippen molar-refractivity contribution in [3.05, 3.63) is 64.9 Å². The van der Waals surface area contributed by atoms with Crippen molar-refractivity contribution in [3.63, 3.8) is 0 Å². The minimum atomic E-state index is 0.0715. The maximum Gasteiger partial charge on any atom is 0.224 e. The smallest absolute Gasteiger partial charge is 0.224 e. The topological polar surface area (TPSA) is 33.2 Å². The average molecular weight is 333 g/mol. The maximum absolute atomic E-state index is 12.3. The molecule has 0 spiro atoms. The van der Waals surface area contributed by atoms with Crippen LogP contribution in [0.1, 0.15) is 22.9 Å². The van der Waals surface area contributed by atoms with Gasteiger partial charge < -0.3 is 4.90 Å². The highest BCUT2D eigenvalue weighted by Gasteiger charge is 2.29. The van der Waals surface area contributed by atoms with Crippen molar-refractivity contribution >= 4 is 29.3 Å². The van der Waals surface area contributed by atoms with E-state index in [1.807, 2.05) is 59.3 Å². The molecule has 1 aromatic carbocycles. The van der Waals surface area contributed by atoms with Gasteiger partial charge in [-0.2, -0.15) is 0 Å². The summed E-state index contributed by atoms with van der Waals surface area (Å²) in [5, 5.41) is 0.809. The molecule has 0 N–H and O–H groups in total. The average Bonchev–Trinajstić information content (AvgIpc) is 2.56. The summed E-state index contributed by atoms with van der Waals surface area (Å²) in [7, 11) is 0. The van der Waals surface area contributed by atoms with Crippen molar-refractivity contribution in [1.82, 2.24) is 9.88 Å². The summed E-state index contributed by atoms with van der Waals surface area (Å²) >= 11 is 7.72. The number of aromatic nitrogens is 1. The number of hydrogen-bond acceptors (Lipinski definition) is 3. The molecule has 3 rings (SSSR count). The summed E-state index contributed by atoms with van der Waals surface area (Å²) in [6.07, 6.45) is 5.06. The number of carbonyl (C=O) groups is 1. The van der Waals surface area contributed by atoms with Crippen molar-refractivity contribution in [1.29, 1.82) is 0 Å². The van der Waals surface area contributed by atoms with E-state index in [0.717, 1.165) is 22.8 Å². The number of rotatable bonds is 4. The summed E-state index contributed by atoms with van der Waals surface area (Å²) in [5.74, 6) is 1.09. The van der Waals surface area contributed by atoms with E-state index in [0.29, 0.717) is 13.0 Å². The van der Waals surface area contributed by atoms with Crippen LogP contribution in [0.2, 0.25) is 5.02 Å². The molecule has 0 aliphatic carbocycles. The van der Waals surface area contributed by atoms with Crippen LogP contribution >= 0.6 is 23.4 Å². The van der Waals surface area contributed by atoms with Crippen molar-refractivity contribution in [2.75, 3.05) is 12.3 Å². The van der Waals surface area contributed by atoms with Gasteiger partial charge in [0.1, 0.15) is 5.37 Å². The van der Waals surface area contributed by atoms with Gasteiger partial charge in [0.2, 0.25) is 5.91 Å². The maximum atomic E-state index is 12.3. The Kier molecular flexibility index (Phi) is 5.01. The van der Waals surface area contributed by atoms with Crippen LogP contribution in [0.5, 0.6) is 0 Å². The highest BCUT2D eigenvalue weighted by Crippen LogP contribution is 2.36. The number of thioether (sulfide) groups is 1. The monoisotopic (exact) mass is 332 g/mol. The Hall–Kier alpha value is -1.52. The molecule has 1 aromatic heterocycles. The van der Waals surface area contributed by atoms with Crippen LogP contribution in [0.3, 0.4) is 0 Å². The molecule has 1 amide bonds. The van der Waals surface area contributed by atoms with Gasteiger partial charge in [-0.05, 0) is 30.2 Å². The largest absolute Gasteiger partial charge is 0.326 e. The van der Waals surface area contributed by atoms with Gasteiger partial charge in [0.05, 0.1) is 0 Å². The predicted octanol–water partition coefficient (Wildman–Crippen LogP) is 3.94. The second-order valence-electron chi connectivity index (χ2n) is 5.22. The fourth-order valence-corrected chi connectivity index (χ4v) is 3.94. The molecule has 1 saturated heterocycles. The first-order chi connectivity index (χ1) is 10.7. The molecule has 1 atom stereocenters. The van der Waals surface area contributed by atoms with E-state index in [9.17, 15) is 4.79 Å². The number of hydrogen-bond donors (Lipinski definition) is 0. The minimum Gasteiger partial charge on any atom is -0.326 e. The molecule has 2 aromatic rings. The van der Waals surface area contributed by atoms with Crippen LogP contribution in [0.25, 0.3) is 0 Å². The first-order valence-corrected chi connectivity index (χ1v) is 8.72. The molecule has 1 fully saturated rings. The van der Waals surface area contributed by atoms with Gasteiger partial charge in [-0.15, -0.1) is 11.8 Å². The van der Waals surface area contributed by atoms with Crippen LogP contribution in [0.15, 0.2) is 48.8 Å². The van der Waals surface area contributed by atoms with Gasteiger partial charge in [0.25, 0.3) is 0 Å². The molecule has 0 unspecified atom stereocenters. The van der Waals surface area contributed by atoms with Crippen molar-refractivity contribution in [2.24, 2.45) is 0 Å². The molecule has 1 aliphatic heterocycles. The number of benzene rings is 1. The van der Waals surface area contributed by atoms with Crippen molar-refractivity contribution < 1.29 is 4.79 Å². The van der Waals surface area contributed by atoms with Crippen LogP contribution in [0.4, 0.5) is 0 Å². The Morgan fingerprint density at radius 1 is 1.27 bits per heavy atom. The lowest BCUT2D eigenvalue weighted by Gasteiger charge is -2.35. The van der Waals surface area contributed by atoms with Gasteiger partial charge in [-0.3, -0.25) is 9.78 Å². The molecule has 0 bridgehead atoms. The van der Waals surface area contributed by atoms with E-state index in [4.69, 9.17) is 11.6 Å². The molecule has 2 heterocycles. The number of amides is 1. The molecule has 0 saturated carbocycles. The fourth-order valence-electron chi connectivity index (χ4n) is 2.56. The van der Waals surface area contributed by atoms with E-state index in [1.165, 1.54) is 5.56 Å². The Morgan fingerprint density at radius 2 is 2.09 bits per heavy atom. The normalized spacial score (nSPS) is 18.5. The second kappa shape index (κ2) is 7.16. The number of halogens is 1. The summed E-state index contributed by atoms with van der Waals surface area (Å²) in [6, 6.07) is 11.8. The van der Waals surface area contributed by atoms with Gasteiger partial charge in [-0.1, -0.05) is 29.8 Å². The number of nitrogens with zero attached hydrogens (tertiary/aromatic N) is 2. The SMILES string of the molecule is O=C1CCS[C@H](c2cccnc2)N1CCc1ccc(Cl)cc1. The Balaban J connectivity index is 1.73. The Bertz CT molecular complexity index is 633. The molecule has 3 nitrogen and oxygen atoms in total. The van der Waals surface area contributed by atoms with Crippen LogP contribution < -0.4 is 0 Å². The van der Waals surface area contributed by atoms with Gasteiger partial charge in [-0.25, -0.2) is 0 Å². The fraction of sp³-hybridized carbons (Fsp3) is 0.294. The standard InChI is InChI=1S/C17H17ClN2OS/c18-15-5-3-13(4-6-15)7-10-20-16(21)8-11-22-17(20)14-2-1-9-19-12-14/h1-6,9,12,17H,7-8,10-11H2/t17-/m1/s1. The predicted molar refractivity (Wildman–Crippen MR) is 90.9 cm³/mol. The molecule has 114 valence electrons. The molecule has 5 heteroatoms. The summed E-state index contributed by atoms with van der Waals surface area (Å²) in [6.45, 7) is 0.715. The van der Waals surface area contributed by atoms with Gasteiger partial charge in [0.15, 0.2) is 0 Å². The third kappa shape index (κ3) is 3.62. The van der Waals surface area contributed by atoms with Gasteiger partial charge in [0, 0.05) is 41.7 Å². The van der Waals surface area contributed by atoms with E-state index in [-0.39, 0.29) is 11.3 Å². The lowest BCUT2D eigenvalue weighted by atomic mass is 10.1. The molecule has 0 radical (unpaired) electrons. The van der Waals surface area contributed by atoms with E-state index in [2.05, 4.69) is 4.98 Å². The zero-order chi connectivity index (χ0) is 15.4. The van der Waals surface area contributed by atoms with Crippen LogP contribution in [-0.2, 0) is 11.2 Å². The van der Waals surface area contributed by atoms with E-state index < -0.39 is 0 Å². The third-order valence-electron chi connectivity index (χ3n) is 3.72. The Morgan fingerprint density at radius 3 is 2.82 bits per heavy atom. The third-order valence-corrected chi connectivity index (χ3v) is 5.25. The molecular weight excluding hydrogens is 316 g/mol. The first-order valence-electron chi connectivity index (χ1n) is 7.29. The first kappa shape index (κ1) is 15.4. The summed E-state index contributed by atoms with van der Waals surface area (Å²) in [5.41, 5.74) is 2.29. The van der Waals surface area contributed by atoms with E-state index in [1.54, 1.807) is 6.20 Å². The lowest BCUT2D eigenvalue weighted by molar-refractivity contribution is -0.132. The highest BCUT2D eigenvalue weighted by atomic mass is 35.5. The minimum absolute atomic E-state index is 0.0715. The molecule has 1 aliphatic rings. The Labute approximate surface area is 139 Å². The van der Waals surface area contributed by atoms with Crippen molar-refractivity contribution in [2.45, 2.75) is 18.2 Å². The van der Waals surface area contributed by atoms with Crippen molar-refractivity contribution in [3.8, 4) is 0 Å². The van der Waals surface area contributed by atoms with Crippen LogP contribution in [-0.4, -0.2) is 28.1 Å². The highest BCUT2D eigenvalue weighted by molar-refractivity contribution is 7.99. The number of pyridine rings is 1. The summed E-state index contributed by atoms with van der Waals surface area (Å²) < 4.78 is 0. The quantitative estimate of drug-likeness (QED) is 0.850. The molecular formula is C17H17ClN2OS. The number of carbonyl (C=O) groups excluding carboxylic acids is 1. The second-order valence-corrected chi connectivity index (χ2v) is 6.85. The summed E-state index contributed by atoms with van der Waals surface area (Å²) in [4.78, 5) is 18.5. The zero-order valence-corrected chi connectivity index (χ0v) is 13.7. The lowest BCUT2D eigenvalue weighted by Crippen LogP contribution is -2.38. The molecule has 22 heavy (non-hydrogen) atoms. The van der Waals surface area contributed by atoms with Gasteiger partial charge >= 0.3 is 0 Å². The van der Waals surface area contributed by atoms with Crippen LogP contribution in [0, 0.1) is 0 Å².